The molecule has 3 rings (SSSR count). The maximum atomic E-state index is 12.9. The standard InChI is InChI=1S/C29H44ClN6O4P/c1-9-27(37)32-24-15-23(19(2)14-25(24)40-20(18-39-6)17-35(3)4)34-29-31-16-21(30)28(36(29)5)33-22-12-10-11-13-26(22)41(7,8)38/h9-15,20-21,28-29,31,33-34H,1,16-18H2,2-8H3,(H,32,37). The Balaban J connectivity index is 1.88. The number of rotatable bonds is 13. The van der Waals surface area contributed by atoms with Crippen LogP contribution in [0.5, 0.6) is 5.75 Å². The number of aryl methyl sites for hydroxylation is 1. The quantitative estimate of drug-likeness (QED) is 0.155. The van der Waals surface area contributed by atoms with Gasteiger partial charge in [0.05, 0.1) is 23.8 Å². The van der Waals surface area contributed by atoms with E-state index in [2.05, 4.69) is 32.7 Å². The summed E-state index contributed by atoms with van der Waals surface area (Å²) in [4.78, 5) is 16.4. The highest BCUT2D eigenvalue weighted by atomic mass is 35.5. The zero-order valence-corrected chi connectivity index (χ0v) is 26.7. The molecule has 0 aliphatic carbocycles. The largest absolute Gasteiger partial charge is 0.484 e. The van der Waals surface area contributed by atoms with Crippen LogP contribution in [0.1, 0.15) is 5.56 Å². The molecule has 4 unspecified atom stereocenters. The molecule has 0 radical (unpaired) electrons. The second kappa shape index (κ2) is 14.5. The lowest BCUT2D eigenvalue weighted by Crippen LogP contribution is -2.65. The van der Waals surface area contributed by atoms with E-state index in [1.807, 2.05) is 69.4 Å². The van der Waals surface area contributed by atoms with Crippen molar-refractivity contribution >= 4 is 47.0 Å². The Morgan fingerprint density at radius 2 is 1.95 bits per heavy atom. The van der Waals surface area contributed by atoms with Gasteiger partial charge in [-0.25, -0.2) is 0 Å². The van der Waals surface area contributed by atoms with E-state index < -0.39 is 7.14 Å². The van der Waals surface area contributed by atoms with Crippen molar-refractivity contribution < 1.29 is 18.8 Å². The fourth-order valence-electron chi connectivity index (χ4n) is 4.73. The topological polar surface area (TPSA) is 107 Å². The van der Waals surface area contributed by atoms with Gasteiger partial charge < -0.3 is 34.9 Å². The fourth-order valence-corrected chi connectivity index (χ4v) is 6.22. The van der Waals surface area contributed by atoms with E-state index in [4.69, 9.17) is 21.1 Å². The van der Waals surface area contributed by atoms with Crippen LogP contribution >= 0.6 is 18.7 Å². The van der Waals surface area contributed by atoms with Gasteiger partial charge in [-0.2, -0.15) is 0 Å². The number of nitrogens with zero attached hydrogens (tertiary/aromatic N) is 2. The lowest BCUT2D eigenvalue weighted by molar-refractivity contribution is -0.111. The molecule has 4 atom stereocenters. The molecule has 226 valence electrons. The van der Waals surface area contributed by atoms with Crippen molar-refractivity contribution in [3.8, 4) is 5.75 Å². The summed E-state index contributed by atoms with van der Waals surface area (Å²) in [5.41, 5.74) is 3.05. The van der Waals surface area contributed by atoms with Crippen LogP contribution in [0.4, 0.5) is 17.1 Å². The summed E-state index contributed by atoms with van der Waals surface area (Å²) >= 11 is 6.77. The molecule has 2 aromatic rings. The molecule has 1 heterocycles. The van der Waals surface area contributed by atoms with E-state index >= 15 is 0 Å². The van der Waals surface area contributed by atoms with E-state index in [-0.39, 0.29) is 29.8 Å². The lowest BCUT2D eigenvalue weighted by Gasteiger charge is -2.44. The number of methoxy groups -OCH3 is 1. The minimum atomic E-state index is -2.51. The Morgan fingerprint density at radius 3 is 2.59 bits per heavy atom. The highest BCUT2D eigenvalue weighted by Gasteiger charge is 2.35. The van der Waals surface area contributed by atoms with Gasteiger partial charge in [-0.3, -0.25) is 15.0 Å². The minimum absolute atomic E-state index is 0.240. The van der Waals surface area contributed by atoms with Gasteiger partial charge in [0.1, 0.15) is 25.3 Å². The predicted octanol–water partition coefficient (Wildman–Crippen LogP) is 3.60. The predicted molar refractivity (Wildman–Crippen MR) is 171 cm³/mol. The number of ether oxygens (including phenoxy) is 2. The van der Waals surface area contributed by atoms with Crippen molar-refractivity contribution in [2.45, 2.75) is 30.9 Å². The first-order chi connectivity index (χ1) is 19.3. The average Bonchev–Trinajstić information content (AvgIpc) is 2.89. The number of benzene rings is 2. The van der Waals surface area contributed by atoms with Crippen molar-refractivity contribution in [2.24, 2.45) is 0 Å². The molecule has 1 aliphatic heterocycles. The monoisotopic (exact) mass is 606 g/mol. The number of likely N-dealkylation sites (N-methyl/N-ethyl adjacent to an activating group) is 1. The van der Waals surface area contributed by atoms with E-state index in [9.17, 15) is 9.36 Å². The SMILES string of the molecule is C=CC(=O)Nc1cc(NC2NCC(Cl)C(Nc3ccccc3P(C)(C)=O)N2C)c(C)cc1OC(COC)CN(C)C. The van der Waals surface area contributed by atoms with Crippen LogP contribution in [0.2, 0.25) is 0 Å². The van der Waals surface area contributed by atoms with E-state index in [0.29, 0.717) is 31.1 Å². The zero-order chi connectivity index (χ0) is 30.3. The van der Waals surface area contributed by atoms with E-state index in [0.717, 1.165) is 22.2 Å². The summed E-state index contributed by atoms with van der Waals surface area (Å²) in [6, 6.07) is 11.4. The molecule has 1 fully saturated rings. The Morgan fingerprint density at radius 1 is 1.24 bits per heavy atom. The summed E-state index contributed by atoms with van der Waals surface area (Å²) < 4.78 is 24.6. The van der Waals surface area contributed by atoms with Crippen molar-refractivity contribution in [2.75, 3.05) is 77.2 Å². The van der Waals surface area contributed by atoms with E-state index in [1.54, 1.807) is 20.4 Å². The second-order valence-corrected chi connectivity index (χ2v) is 14.7. The molecular formula is C29H44ClN6O4P. The first-order valence-electron chi connectivity index (χ1n) is 13.5. The second-order valence-electron chi connectivity index (χ2n) is 10.9. The average molecular weight is 607 g/mol. The first kappa shape index (κ1) is 32.9. The van der Waals surface area contributed by atoms with Gasteiger partial charge in [0.2, 0.25) is 5.91 Å². The third kappa shape index (κ3) is 8.95. The van der Waals surface area contributed by atoms with Crippen molar-refractivity contribution in [3.05, 3.63) is 54.6 Å². The van der Waals surface area contributed by atoms with Crippen molar-refractivity contribution in [1.82, 2.24) is 15.1 Å². The van der Waals surface area contributed by atoms with Gasteiger partial charge in [0.15, 0.2) is 0 Å². The first-order valence-corrected chi connectivity index (χ1v) is 16.5. The number of hydrogen-bond acceptors (Lipinski definition) is 9. The number of halogens is 1. The lowest BCUT2D eigenvalue weighted by atomic mass is 10.1. The Labute approximate surface area is 249 Å². The molecule has 4 N–H and O–H groups in total. The van der Waals surface area contributed by atoms with Crippen LogP contribution in [0, 0.1) is 6.92 Å². The van der Waals surface area contributed by atoms with Crippen LogP contribution < -0.4 is 31.3 Å². The molecule has 0 aromatic heterocycles. The van der Waals surface area contributed by atoms with Gasteiger partial charge in [0, 0.05) is 36.9 Å². The highest BCUT2D eigenvalue weighted by molar-refractivity contribution is 7.70. The smallest absolute Gasteiger partial charge is 0.247 e. The molecule has 1 saturated heterocycles. The number of anilines is 3. The van der Waals surface area contributed by atoms with Gasteiger partial charge in [-0.15, -0.1) is 11.6 Å². The number of carbonyl (C=O) groups excluding carboxylic acids is 1. The van der Waals surface area contributed by atoms with Crippen LogP contribution in [0.25, 0.3) is 0 Å². The molecule has 1 amide bonds. The van der Waals surface area contributed by atoms with Gasteiger partial charge in [-0.05, 0) is 77.3 Å². The number of hydrogen-bond donors (Lipinski definition) is 4. The van der Waals surface area contributed by atoms with E-state index in [1.165, 1.54) is 6.08 Å². The molecule has 10 nitrogen and oxygen atoms in total. The Hall–Kier alpha value is -2.59. The maximum Gasteiger partial charge on any atom is 0.247 e. The third-order valence-electron chi connectivity index (χ3n) is 6.76. The summed E-state index contributed by atoms with van der Waals surface area (Å²) in [5, 5.41) is 13.9. The summed E-state index contributed by atoms with van der Waals surface area (Å²) in [6.45, 7) is 10.6. The number of nitrogens with one attached hydrogen (secondary N) is 4. The number of carbonyl (C=O) groups is 1. The fraction of sp³-hybridized carbons (Fsp3) is 0.483. The molecule has 2 aromatic carbocycles. The third-order valence-corrected chi connectivity index (χ3v) is 8.70. The summed E-state index contributed by atoms with van der Waals surface area (Å²) in [6.07, 6.45) is 0.426. The normalized spacial score (nSPS) is 20.4. The summed E-state index contributed by atoms with van der Waals surface area (Å²) in [5.74, 6) is 0.197. The van der Waals surface area contributed by atoms with Crippen LogP contribution in [0.15, 0.2) is 49.1 Å². The number of alkyl halides is 1. The number of para-hydroxylation sites is 1. The van der Waals surface area contributed by atoms with Gasteiger partial charge in [-0.1, -0.05) is 18.7 Å². The van der Waals surface area contributed by atoms with Crippen LogP contribution in [-0.4, -0.2) is 101 Å². The Bertz CT molecular complexity index is 1260. The summed E-state index contributed by atoms with van der Waals surface area (Å²) in [7, 11) is 5.02. The molecular weight excluding hydrogens is 563 g/mol. The van der Waals surface area contributed by atoms with Crippen molar-refractivity contribution in [3.63, 3.8) is 0 Å². The van der Waals surface area contributed by atoms with Crippen molar-refractivity contribution in [1.29, 1.82) is 0 Å². The molecule has 0 bridgehead atoms. The van der Waals surface area contributed by atoms with Crippen LogP contribution in [0.3, 0.4) is 0 Å². The molecule has 0 saturated carbocycles. The van der Waals surface area contributed by atoms with Gasteiger partial charge in [0.25, 0.3) is 0 Å². The maximum absolute atomic E-state index is 12.9. The molecule has 41 heavy (non-hydrogen) atoms. The highest BCUT2D eigenvalue weighted by Crippen LogP contribution is 2.38. The molecule has 0 spiro atoms. The molecule has 1 aliphatic rings. The number of amides is 1. The minimum Gasteiger partial charge on any atom is -0.484 e. The zero-order valence-electron chi connectivity index (χ0n) is 25.0. The van der Waals surface area contributed by atoms with Crippen LogP contribution in [-0.2, 0) is 14.1 Å². The van der Waals surface area contributed by atoms with Gasteiger partial charge >= 0.3 is 0 Å². The Kier molecular flexibility index (Phi) is 11.7. The molecule has 12 heteroatoms.